The van der Waals surface area contributed by atoms with Gasteiger partial charge in [0.1, 0.15) is 86.8 Å². The summed E-state index contributed by atoms with van der Waals surface area (Å²) >= 11 is 3.40. The average Bonchev–Trinajstić information content (AvgIpc) is 1.59. The number of imidazole rings is 3. The number of benzene rings is 6. The fourth-order valence-electron chi connectivity index (χ4n) is 14.5. The van der Waals surface area contributed by atoms with Crippen molar-refractivity contribution in [3.8, 4) is 40.7 Å². The van der Waals surface area contributed by atoms with E-state index >= 15 is 0 Å². The van der Waals surface area contributed by atoms with E-state index < -0.39 is 47.8 Å². The van der Waals surface area contributed by atoms with Crippen molar-refractivity contribution in [2.45, 2.75) is 56.7 Å². The van der Waals surface area contributed by atoms with Gasteiger partial charge in [0.25, 0.3) is 0 Å². The maximum absolute atomic E-state index is 14.6. The van der Waals surface area contributed by atoms with Crippen LogP contribution in [0.5, 0.6) is 0 Å². The molecule has 11 heterocycles. The Morgan fingerprint density at radius 2 is 0.860 bits per heavy atom. The van der Waals surface area contributed by atoms with Crippen LogP contribution in [-0.4, -0.2) is 169 Å². The highest BCUT2D eigenvalue weighted by molar-refractivity contribution is 9.10. The van der Waals surface area contributed by atoms with Crippen molar-refractivity contribution in [2.75, 3.05) is 118 Å². The van der Waals surface area contributed by atoms with E-state index in [0.29, 0.717) is 88.9 Å². The second-order valence-corrected chi connectivity index (χ2v) is 28.1. The van der Waals surface area contributed by atoms with E-state index in [1.807, 2.05) is 51.1 Å². The predicted molar refractivity (Wildman–Crippen MR) is 417 cm³/mol. The minimum absolute atomic E-state index is 0.0338. The molecule has 5 fully saturated rings. The normalized spacial score (nSPS) is 16.9. The fraction of sp³-hybridized carbons (Fsp3) is 0.296. The quantitative estimate of drug-likeness (QED) is 0.0548. The number of nitriles is 3. The average molecular weight is 1620 g/mol. The van der Waals surface area contributed by atoms with Crippen LogP contribution in [0.25, 0.3) is 39.5 Å². The maximum atomic E-state index is 14.6. The number of morpholine rings is 2. The molecule has 23 nitrogen and oxygen atoms in total. The SMILES string of the molecule is Fc1ccc(F)c(C2CCCN2c2ccc3ncc(Br)n3n2)c1.N#Cc1ccc(-c2cnc3ccc(N4CCCC4c4cc(F)ccc4F)nn23)cc1F.N#Cc1ccc(-c2cnc3ccc(N4CCCC4c4cc(F)ccc4F)nn23)cc1NCCN1CCOCC1.N#Cc1ccc(B(O)O)cc1F.NCCN1CCOCC1. The topological polar surface area (TPSA) is 275 Å². The monoisotopic (exact) mass is 1620 g/mol. The number of nitrogens with zero attached hydrogens (tertiary/aromatic N) is 17. The van der Waals surface area contributed by atoms with Gasteiger partial charge in [-0.05, 0) is 187 Å². The summed E-state index contributed by atoms with van der Waals surface area (Å²) < 4.78 is 128. The number of fused-ring (bicyclic) bond motifs is 3. The molecule has 114 heavy (non-hydrogen) atoms. The van der Waals surface area contributed by atoms with Gasteiger partial charge < -0.3 is 45.3 Å². The van der Waals surface area contributed by atoms with Crippen molar-refractivity contribution in [1.82, 2.24) is 53.6 Å². The Hall–Kier alpha value is -11.4. The number of anilines is 4. The molecular formula is C81H77BBrF8N19O4. The first-order valence-electron chi connectivity index (χ1n) is 37.1. The lowest BCUT2D eigenvalue weighted by atomic mass is 9.80. The second-order valence-electron chi connectivity index (χ2n) is 27.3. The van der Waals surface area contributed by atoms with Crippen LogP contribution in [0.15, 0.2) is 169 Å². The van der Waals surface area contributed by atoms with E-state index in [-0.39, 0.29) is 40.5 Å². The Morgan fingerprint density at radius 1 is 0.456 bits per heavy atom. The number of aromatic nitrogens is 9. The minimum Gasteiger partial charge on any atom is -0.423 e. The van der Waals surface area contributed by atoms with Crippen LogP contribution in [0.3, 0.4) is 0 Å². The Labute approximate surface area is 659 Å². The van der Waals surface area contributed by atoms with Crippen molar-refractivity contribution in [3.05, 3.63) is 249 Å². The van der Waals surface area contributed by atoms with Crippen LogP contribution < -0.4 is 31.2 Å². The van der Waals surface area contributed by atoms with Gasteiger partial charge in [-0.2, -0.15) is 15.8 Å². The molecule has 586 valence electrons. The highest BCUT2D eigenvalue weighted by atomic mass is 79.9. The number of nitrogens with two attached hydrogens (primary N) is 1. The maximum Gasteiger partial charge on any atom is 0.488 e. The number of hydrogen-bond donors (Lipinski definition) is 4. The highest BCUT2D eigenvalue weighted by Gasteiger charge is 2.34. The molecule has 0 spiro atoms. The van der Waals surface area contributed by atoms with Crippen molar-refractivity contribution in [3.63, 3.8) is 0 Å². The summed E-state index contributed by atoms with van der Waals surface area (Å²) in [6, 6.07) is 40.0. The summed E-state index contributed by atoms with van der Waals surface area (Å²) in [6.07, 6.45) is 9.77. The fourth-order valence-corrected chi connectivity index (χ4v) is 14.9. The molecule has 5 N–H and O–H groups in total. The summed E-state index contributed by atoms with van der Waals surface area (Å²) in [5.41, 5.74) is 12.3. The zero-order chi connectivity index (χ0) is 79.9. The van der Waals surface area contributed by atoms with E-state index in [1.165, 1.54) is 54.6 Å². The molecule has 0 saturated carbocycles. The van der Waals surface area contributed by atoms with Crippen molar-refractivity contribution in [1.29, 1.82) is 15.8 Å². The summed E-state index contributed by atoms with van der Waals surface area (Å²) in [6.45, 7) is 12.6. The largest absolute Gasteiger partial charge is 0.488 e. The van der Waals surface area contributed by atoms with Gasteiger partial charge >= 0.3 is 7.12 Å². The third-order valence-electron chi connectivity index (χ3n) is 20.2. The number of ether oxygens (including phenoxy) is 2. The molecule has 6 aromatic carbocycles. The lowest BCUT2D eigenvalue weighted by Crippen LogP contribution is -2.39. The van der Waals surface area contributed by atoms with Gasteiger partial charge in [-0.1, -0.05) is 18.2 Å². The molecular weight excluding hydrogens is 1550 g/mol. The van der Waals surface area contributed by atoms with E-state index in [0.717, 1.165) is 168 Å². The Kier molecular flexibility index (Phi) is 26.5. The zero-order valence-corrected chi connectivity index (χ0v) is 63.1. The van der Waals surface area contributed by atoms with Crippen LogP contribution in [0, 0.1) is 80.5 Å². The summed E-state index contributed by atoms with van der Waals surface area (Å²) in [4.78, 5) is 23.7. The van der Waals surface area contributed by atoms with Crippen LogP contribution >= 0.6 is 15.9 Å². The standard InChI is InChI=1S/C29H29F2N7O.C23H16F3N5.C16H13BrF2N4.C7H5BFNO2.C6H14N2O/c30-22-5-6-24(31)23(17-22)26-2-1-10-37(26)29-8-7-28-34-19-27(38(28)35-29)20-3-4-21(18-32)25(16-20)33-9-11-36-12-14-39-15-13-36;24-16-5-6-18(25)17(11-16)20-2-1-9-30(20)23-8-7-22-28-13-21(31(22)29-23)14-3-4-15(12-27)19(26)10-14;17-14-9-20-15-5-6-16(21-23(14)15)22-7-1-2-13(22)11-8-10(18)3-4-12(11)19;9-7-3-6(8(11)12)2-1-5(7)4-10;7-1-2-8-3-5-9-6-4-8/h3-8,16-17,19,26,33H,1-2,9-15H2;3-8,10-11,13,20H,1-2,9H2;3-6,8-9,13H,1-2,7H2;1-3,11-12H;1-7H2. The molecule has 6 aromatic heterocycles. The molecule has 5 aliphatic heterocycles. The van der Waals surface area contributed by atoms with Crippen LogP contribution in [0.4, 0.5) is 58.3 Å². The molecule has 5 aliphatic rings. The first kappa shape index (κ1) is 80.6. The number of halogens is 9. The molecule has 0 aliphatic carbocycles. The van der Waals surface area contributed by atoms with Gasteiger partial charge in [0.05, 0.1) is 96.9 Å². The van der Waals surface area contributed by atoms with E-state index in [9.17, 15) is 40.4 Å². The predicted octanol–water partition coefficient (Wildman–Crippen LogP) is 12.4. The number of nitrogens with one attached hydrogen (secondary N) is 1. The Balaban J connectivity index is 0.000000135. The zero-order valence-electron chi connectivity index (χ0n) is 61.5. The lowest BCUT2D eigenvalue weighted by molar-refractivity contribution is 0.0394. The molecule has 0 amide bonds. The first-order valence-corrected chi connectivity index (χ1v) is 37.9. The Bertz CT molecular complexity index is 5510. The van der Waals surface area contributed by atoms with Gasteiger partial charge in [-0.15, -0.1) is 15.3 Å². The van der Waals surface area contributed by atoms with E-state index in [1.54, 1.807) is 68.5 Å². The molecule has 0 bridgehead atoms. The molecule has 3 unspecified atom stereocenters. The van der Waals surface area contributed by atoms with Gasteiger partial charge in [-0.25, -0.2) is 63.6 Å². The first-order chi connectivity index (χ1) is 55.4. The molecule has 12 aromatic rings. The molecule has 3 atom stereocenters. The van der Waals surface area contributed by atoms with Crippen molar-refractivity contribution in [2.24, 2.45) is 5.73 Å². The summed E-state index contributed by atoms with van der Waals surface area (Å²) in [5.74, 6) is -1.97. The minimum atomic E-state index is -1.70. The van der Waals surface area contributed by atoms with Gasteiger partial charge in [0.15, 0.2) is 16.9 Å². The molecule has 5 saturated heterocycles. The van der Waals surface area contributed by atoms with Crippen molar-refractivity contribution >= 4 is 68.6 Å². The van der Waals surface area contributed by atoms with Crippen LogP contribution in [0.1, 0.15) is 90.0 Å². The molecule has 33 heteroatoms. The number of hydrogen-bond acceptors (Lipinski definition) is 20. The van der Waals surface area contributed by atoms with Gasteiger partial charge in [0.2, 0.25) is 0 Å². The third-order valence-corrected chi connectivity index (χ3v) is 20.8. The number of rotatable bonds is 15. The Morgan fingerprint density at radius 3 is 1.29 bits per heavy atom. The van der Waals surface area contributed by atoms with Gasteiger partial charge in [-0.3, -0.25) is 9.80 Å². The summed E-state index contributed by atoms with van der Waals surface area (Å²) in [5, 5.41) is 61.7. The second kappa shape index (κ2) is 37.5. The van der Waals surface area contributed by atoms with Crippen LogP contribution in [0.2, 0.25) is 0 Å². The lowest BCUT2D eigenvalue weighted by Gasteiger charge is -2.26. The van der Waals surface area contributed by atoms with E-state index in [2.05, 4.69) is 62.3 Å². The highest BCUT2D eigenvalue weighted by Crippen LogP contribution is 2.41. The van der Waals surface area contributed by atoms with Gasteiger partial charge in [0, 0.05) is 99.8 Å². The molecule has 0 radical (unpaired) electrons. The molecule has 17 rings (SSSR count). The summed E-state index contributed by atoms with van der Waals surface area (Å²) in [7, 11) is -1.70. The van der Waals surface area contributed by atoms with Crippen LogP contribution in [-0.2, 0) is 9.47 Å². The van der Waals surface area contributed by atoms with Crippen molar-refractivity contribution < 1.29 is 54.6 Å². The smallest absolute Gasteiger partial charge is 0.423 e. The third kappa shape index (κ3) is 18.9. The van der Waals surface area contributed by atoms with E-state index in [4.69, 9.17) is 40.9 Å².